The second kappa shape index (κ2) is 6.75. The van der Waals surface area contributed by atoms with Gasteiger partial charge in [-0.3, -0.25) is 9.20 Å². The lowest BCUT2D eigenvalue weighted by Crippen LogP contribution is -2.55. The van der Waals surface area contributed by atoms with Crippen molar-refractivity contribution in [3.8, 4) is 28.8 Å². The van der Waals surface area contributed by atoms with Gasteiger partial charge in [-0.05, 0) is 42.7 Å². The number of aromatic hydroxyl groups is 1. The number of aromatic nitrogens is 2. The van der Waals surface area contributed by atoms with E-state index in [0.717, 1.165) is 24.1 Å². The van der Waals surface area contributed by atoms with Crippen molar-refractivity contribution < 1.29 is 14.6 Å². The van der Waals surface area contributed by atoms with Gasteiger partial charge >= 0.3 is 0 Å². The van der Waals surface area contributed by atoms with Gasteiger partial charge in [0.1, 0.15) is 28.1 Å². The maximum atomic E-state index is 12.5. The average molecular weight is 403 g/mol. The molecule has 8 heteroatoms. The number of nitrogens with zero attached hydrogens (tertiary/aromatic N) is 3. The van der Waals surface area contributed by atoms with E-state index in [-0.39, 0.29) is 23.3 Å². The van der Waals surface area contributed by atoms with Crippen LogP contribution in [0.2, 0.25) is 0 Å². The molecule has 2 fully saturated rings. The molecule has 3 heterocycles. The zero-order valence-electron chi connectivity index (χ0n) is 16.5. The molecule has 3 aromatic rings. The average Bonchev–Trinajstić information content (AvgIpc) is 3.42. The minimum absolute atomic E-state index is 0.137. The number of pyridine rings is 1. The molecule has 1 saturated carbocycles. The molecular weight excluding hydrogens is 382 g/mol. The number of carbonyl (C=O) groups excluding carboxylic acids is 1. The Hall–Kier alpha value is -3.57. The molecule has 1 saturated heterocycles. The first kappa shape index (κ1) is 18.5. The van der Waals surface area contributed by atoms with Gasteiger partial charge in [-0.2, -0.15) is 5.26 Å². The van der Waals surface area contributed by atoms with E-state index in [1.807, 2.05) is 22.7 Å². The lowest BCUT2D eigenvalue weighted by Gasteiger charge is -2.36. The fraction of sp³-hybridized carbons (Fsp3) is 0.318. The summed E-state index contributed by atoms with van der Waals surface area (Å²) in [5.74, 6) is -0.172. The van der Waals surface area contributed by atoms with Crippen molar-refractivity contribution in [3.63, 3.8) is 0 Å². The second-order valence-corrected chi connectivity index (χ2v) is 7.90. The van der Waals surface area contributed by atoms with E-state index in [0.29, 0.717) is 30.0 Å². The fourth-order valence-corrected chi connectivity index (χ4v) is 3.84. The fourth-order valence-electron chi connectivity index (χ4n) is 3.84. The van der Waals surface area contributed by atoms with Crippen molar-refractivity contribution in [3.05, 3.63) is 47.8 Å². The number of fused-ring (bicyclic) bond motifs is 1. The third kappa shape index (κ3) is 2.86. The summed E-state index contributed by atoms with van der Waals surface area (Å²) in [5, 5.41) is 26.2. The van der Waals surface area contributed by atoms with Gasteiger partial charge in [-0.15, -0.1) is 0 Å². The first-order valence-corrected chi connectivity index (χ1v) is 9.86. The smallest absolute Gasteiger partial charge is 0.259 e. The van der Waals surface area contributed by atoms with E-state index in [1.165, 1.54) is 7.11 Å². The number of amides is 1. The Kier molecular flexibility index (Phi) is 4.15. The third-order valence-corrected chi connectivity index (χ3v) is 5.87. The number of methoxy groups -OCH3 is 1. The van der Waals surface area contributed by atoms with E-state index in [1.54, 1.807) is 18.3 Å². The highest BCUT2D eigenvalue weighted by Gasteiger charge is 2.39. The summed E-state index contributed by atoms with van der Waals surface area (Å²) in [6.07, 6.45) is 5.50. The standard InChI is InChI=1S/C22H21N5O3/c1-30-18-7-13(6-17(28)20(18)21(29)26-15-2-3-15)16-9-25-19-8-14(4-5-27(16)19)22(10-23)11-24-12-22/h4-9,15,24,28H,2-3,11-12H2,1H3,(H,26,29). The largest absolute Gasteiger partial charge is 0.507 e. The number of ether oxygens (including phenoxy) is 1. The van der Waals surface area contributed by atoms with Crippen LogP contribution in [0.15, 0.2) is 36.7 Å². The molecule has 2 aromatic heterocycles. The summed E-state index contributed by atoms with van der Waals surface area (Å²) in [4.78, 5) is 17.0. The highest BCUT2D eigenvalue weighted by atomic mass is 16.5. The van der Waals surface area contributed by atoms with E-state index >= 15 is 0 Å². The molecule has 30 heavy (non-hydrogen) atoms. The van der Waals surface area contributed by atoms with E-state index in [9.17, 15) is 15.2 Å². The molecule has 1 aliphatic heterocycles. The molecule has 2 aliphatic rings. The summed E-state index contributed by atoms with van der Waals surface area (Å²) in [6.45, 7) is 1.26. The van der Waals surface area contributed by atoms with E-state index in [2.05, 4.69) is 21.7 Å². The van der Waals surface area contributed by atoms with Crippen LogP contribution in [-0.4, -0.2) is 46.6 Å². The van der Waals surface area contributed by atoms with Crippen LogP contribution < -0.4 is 15.4 Å². The number of benzene rings is 1. The highest BCUT2D eigenvalue weighted by molar-refractivity contribution is 6.00. The van der Waals surface area contributed by atoms with Crippen LogP contribution in [0.4, 0.5) is 0 Å². The van der Waals surface area contributed by atoms with Crippen LogP contribution in [0.25, 0.3) is 16.9 Å². The zero-order chi connectivity index (χ0) is 20.9. The normalized spacial score (nSPS) is 17.2. The van der Waals surface area contributed by atoms with Crippen molar-refractivity contribution in [1.82, 2.24) is 20.0 Å². The Bertz CT molecular complexity index is 1200. The van der Waals surface area contributed by atoms with Crippen molar-refractivity contribution >= 4 is 11.6 Å². The molecule has 1 amide bonds. The molecular formula is C22H21N5O3. The third-order valence-electron chi connectivity index (χ3n) is 5.87. The van der Waals surface area contributed by atoms with E-state index < -0.39 is 5.41 Å². The van der Waals surface area contributed by atoms with Gasteiger partial charge in [-0.1, -0.05) is 0 Å². The zero-order valence-corrected chi connectivity index (χ0v) is 16.5. The molecule has 1 aromatic carbocycles. The van der Waals surface area contributed by atoms with Crippen molar-refractivity contribution in [1.29, 1.82) is 5.26 Å². The molecule has 8 nitrogen and oxygen atoms in total. The van der Waals surface area contributed by atoms with Gasteiger partial charge in [0.2, 0.25) is 0 Å². The van der Waals surface area contributed by atoms with Gasteiger partial charge < -0.3 is 20.5 Å². The quantitative estimate of drug-likeness (QED) is 0.601. The van der Waals surface area contributed by atoms with Crippen molar-refractivity contribution in [2.45, 2.75) is 24.3 Å². The van der Waals surface area contributed by atoms with Gasteiger partial charge in [0, 0.05) is 30.9 Å². The molecule has 3 N–H and O–H groups in total. The SMILES string of the molecule is COc1cc(-c2cnc3cc(C4(C#N)CNC4)ccn23)cc(O)c1C(=O)NC1CC1. The Labute approximate surface area is 173 Å². The number of phenolic OH excluding ortho intramolecular Hbond substituents is 1. The number of hydrogen-bond donors (Lipinski definition) is 3. The summed E-state index contributed by atoms with van der Waals surface area (Å²) >= 11 is 0. The Morgan fingerprint density at radius 1 is 1.40 bits per heavy atom. The molecule has 0 radical (unpaired) electrons. The van der Waals surface area contributed by atoms with Gasteiger partial charge in [-0.25, -0.2) is 4.98 Å². The lowest BCUT2D eigenvalue weighted by molar-refractivity contribution is 0.0945. The van der Waals surface area contributed by atoms with Crippen LogP contribution in [0, 0.1) is 11.3 Å². The monoisotopic (exact) mass is 403 g/mol. The number of carbonyl (C=O) groups is 1. The number of imidazole rings is 1. The van der Waals surface area contributed by atoms with Crippen LogP contribution >= 0.6 is 0 Å². The van der Waals surface area contributed by atoms with E-state index in [4.69, 9.17) is 4.74 Å². The number of nitrogens with one attached hydrogen (secondary N) is 2. The maximum absolute atomic E-state index is 12.5. The Morgan fingerprint density at radius 3 is 2.83 bits per heavy atom. The Balaban J connectivity index is 1.54. The van der Waals surface area contributed by atoms with Crippen LogP contribution in [-0.2, 0) is 5.41 Å². The van der Waals surface area contributed by atoms with Crippen LogP contribution in [0.1, 0.15) is 28.8 Å². The second-order valence-electron chi connectivity index (χ2n) is 7.90. The minimum Gasteiger partial charge on any atom is -0.507 e. The summed E-state index contributed by atoms with van der Waals surface area (Å²) in [5.41, 5.74) is 2.69. The topological polar surface area (TPSA) is 112 Å². The molecule has 0 spiro atoms. The number of nitriles is 1. The predicted molar refractivity (Wildman–Crippen MR) is 109 cm³/mol. The van der Waals surface area contributed by atoms with Crippen molar-refractivity contribution in [2.24, 2.45) is 0 Å². The minimum atomic E-state index is -0.508. The van der Waals surface area contributed by atoms with Gasteiger partial charge in [0.15, 0.2) is 0 Å². The first-order chi connectivity index (χ1) is 14.5. The molecule has 0 atom stereocenters. The molecule has 1 aliphatic carbocycles. The lowest BCUT2D eigenvalue weighted by atomic mass is 9.77. The molecule has 0 bridgehead atoms. The number of hydrogen-bond acceptors (Lipinski definition) is 6. The first-order valence-electron chi connectivity index (χ1n) is 9.86. The van der Waals surface area contributed by atoms with Crippen molar-refractivity contribution in [2.75, 3.05) is 20.2 Å². The van der Waals surface area contributed by atoms with Crippen LogP contribution in [0.3, 0.4) is 0 Å². The summed E-state index contributed by atoms with van der Waals surface area (Å²) in [7, 11) is 1.47. The van der Waals surface area contributed by atoms with Crippen LogP contribution in [0.5, 0.6) is 11.5 Å². The molecule has 0 unspecified atom stereocenters. The molecule has 152 valence electrons. The molecule has 5 rings (SSSR count). The van der Waals surface area contributed by atoms with Gasteiger partial charge in [0.25, 0.3) is 5.91 Å². The number of rotatable bonds is 5. The number of phenols is 1. The summed E-state index contributed by atoms with van der Waals surface area (Å²) in [6, 6.07) is 9.71. The maximum Gasteiger partial charge on any atom is 0.259 e. The summed E-state index contributed by atoms with van der Waals surface area (Å²) < 4.78 is 7.29. The van der Waals surface area contributed by atoms with Gasteiger partial charge in [0.05, 0.1) is 25.1 Å². The Morgan fingerprint density at radius 2 is 2.20 bits per heavy atom. The predicted octanol–water partition coefficient (Wildman–Crippen LogP) is 1.97. The highest BCUT2D eigenvalue weighted by Crippen LogP contribution is 2.36.